The van der Waals surface area contributed by atoms with E-state index in [2.05, 4.69) is 21.8 Å². The summed E-state index contributed by atoms with van der Waals surface area (Å²) in [7, 11) is 1.50. The zero-order valence-electron chi connectivity index (χ0n) is 21.9. The van der Waals surface area contributed by atoms with E-state index in [1.54, 1.807) is 13.0 Å². The molecule has 0 bridgehead atoms. The van der Waals surface area contributed by atoms with Crippen LogP contribution in [0.1, 0.15) is 59.5 Å². The minimum Gasteiger partial charge on any atom is -0.496 e. The van der Waals surface area contributed by atoms with E-state index in [0.29, 0.717) is 41.6 Å². The summed E-state index contributed by atoms with van der Waals surface area (Å²) in [6, 6.07) is 9.75. The Morgan fingerprint density at radius 3 is 2.57 bits per heavy atom. The number of nitrogens with zero attached hydrogens (tertiary/aromatic N) is 2. The highest BCUT2D eigenvalue weighted by atomic mass is 19.3. The predicted octanol–water partition coefficient (Wildman–Crippen LogP) is 4.81. The summed E-state index contributed by atoms with van der Waals surface area (Å²) in [6.07, 6.45) is 0.241. The molecular formula is C28H36F2N4O3. The molecule has 0 radical (unpaired) electrons. The number of carbonyl (C=O) groups excluding carboxylic acids is 1. The number of alkyl halides is 2. The number of likely N-dealkylation sites (tertiary alicyclic amines) is 1. The van der Waals surface area contributed by atoms with Crippen molar-refractivity contribution in [2.45, 2.75) is 59.0 Å². The van der Waals surface area contributed by atoms with Gasteiger partial charge in [-0.15, -0.1) is 0 Å². The van der Waals surface area contributed by atoms with Gasteiger partial charge in [-0.1, -0.05) is 25.1 Å². The molecule has 37 heavy (non-hydrogen) atoms. The summed E-state index contributed by atoms with van der Waals surface area (Å²) in [5.41, 5.74) is 3.20. The molecule has 7 nitrogen and oxygen atoms in total. The monoisotopic (exact) mass is 514 g/mol. The molecule has 1 aliphatic rings. The van der Waals surface area contributed by atoms with Crippen molar-refractivity contribution in [3.63, 3.8) is 0 Å². The van der Waals surface area contributed by atoms with E-state index in [1.165, 1.54) is 7.11 Å². The first kappa shape index (κ1) is 26.9. The highest BCUT2D eigenvalue weighted by molar-refractivity contribution is 6.08. The molecule has 1 aliphatic heterocycles. The van der Waals surface area contributed by atoms with Gasteiger partial charge in [-0.05, 0) is 64.3 Å². The molecule has 1 amide bonds. The van der Waals surface area contributed by atoms with E-state index in [4.69, 9.17) is 4.74 Å². The van der Waals surface area contributed by atoms with Crippen LogP contribution in [0, 0.1) is 19.8 Å². The fourth-order valence-corrected chi connectivity index (χ4v) is 5.84. The van der Waals surface area contributed by atoms with Crippen molar-refractivity contribution in [1.29, 1.82) is 0 Å². The number of nitrogens with one attached hydrogen (secondary N) is 2. The molecule has 1 saturated heterocycles. The molecule has 3 heterocycles. The van der Waals surface area contributed by atoms with E-state index < -0.39 is 6.43 Å². The lowest BCUT2D eigenvalue weighted by atomic mass is 9.87. The van der Waals surface area contributed by atoms with Crippen molar-refractivity contribution in [1.82, 2.24) is 19.8 Å². The number of carbonyl (C=O) groups is 1. The van der Waals surface area contributed by atoms with Crippen LogP contribution < -0.4 is 15.6 Å². The third kappa shape index (κ3) is 5.56. The summed E-state index contributed by atoms with van der Waals surface area (Å²) in [5, 5.41) is 3.78. The van der Waals surface area contributed by atoms with Crippen molar-refractivity contribution in [2.75, 3.05) is 26.7 Å². The van der Waals surface area contributed by atoms with Gasteiger partial charge in [0.05, 0.1) is 31.3 Å². The van der Waals surface area contributed by atoms with Crippen molar-refractivity contribution < 1.29 is 18.3 Å². The largest absolute Gasteiger partial charge is 0.496 e. The molecule has 1 fully saturated rings. The number of aromatic amines is 1. The van der Waals surface area contributed by atoms with Crippen LogP contribution in [0.15, 0.2) is 35.1 Å². The van der Waals surface area contributed by atoms with Gasteiger partial charge in [0.1, 0.15) is 5.75 Å². The number of ether oxygens (including phenoxy) is 1. The van der Waals surface area contributed by atoms with Crippen LogP contribution in [0.25, 0.3) is 10.9 Å². The predicted molar refractivity (Wildman–Crippen MR) is 141 cm³/mol. The van der Waals surface area contributed by atoms with Crippen LogP contribution in [0.5, 0.6) is 5.75 Å². The summed E-state index contributed by atoms with van der Waals surface area (Å²) in [4.78, 5) is 30.6. The molecule has 9 heteroatoms. The molecule has 1 aromatic carbocycles. The highest BCUT2D eigenvalue weighted by Gasteiger charge is 2.31. The number of rotatable bonds is 9. The quantitative estimate of drug-likeness (QED) is 0.430. The molecule has 2 aromatic heterocycles. The van der Waals surface area contributed by atoms with Crippen LogP contribution in [0.3, 0.4) is 0 Å². The number of aromatic nitrogens is 2. The fraction of sp³-hybridized carbons (Fsp3) is 0.500. The normalized spacial score (nSPS) is 15.9. The van der Waals surface area contributed by atoms with Gasteiger partial charge in [-0.25, -0.2) is 8.78 Å². The zero-order chi connectivity index (χ0) is 26.7. The van der Waals surface area contributed by atoms with Crippen LogP contribution in [0.2, 0.25) is 0 Å². The number of amides is 1. The van der Waals surface area contributed by atoms with Gasteiger partial charge >= 0.3 is 0 Å². The number of fused-ring (bicyclic) bond motifs is 1. The van der Waals surface area contributed by atoms with Crippen LogP contribution in [-0.4, -0.2) is 53.5 Å². The maximum atomic E-state index is 13.5. The number of hydrogen-bond donors (Lipinski definition) is 2. The van der Waals surface area contributed by atoms with Gasteiger partial charge < -0.3 is 19.6 Å². The second-order valence-electron chi connectivity index (χ2n) is 9.86. The van der Waals surface area contributed by atoms with Crippen molar-refractivity contribution >= 4 is 16.8 Å². The van der Waals surface area contributed by atoms with E-state index in [0.717, 1.165) is 35.9 Å². The molecule has 4 rings (SSSR count). The molecule has 0 saturated carbocycles. The lowest BCUT2D eigenvalue weighted by molar-refractivity contribution is 0.0614. The first-order chi connectivity index (χ1) is 17.7. The maximum absolute atomic E-state index is 13.5. The first-order valence-electron chi connectivity index (χ1n) is 12.9. The van der Waals surface area contributed by atoms with E-state index in [-0.39, 0.29) is 30.6 Å². The number of aryl methyl sites for hydroxylation is 1. The minimum absolute atomic E-state index is 0.0381. The zero-order valence-corrected chi connectivity index (χ0v) is 21.9. The Morgan fingerprint density at radius 2 is 1.92 bits per heavy atom. The Balaban J connectivity index is 1.62. The fourth-order valence-electron chi connectivity index (χ4n) is 5.84. The van der Waals surface area contributed by atoms with Crippen LogP contribution in [-0.2, 0) is 6.54 Å². The van der Waals surface area contributed by atoms with Gasteiger partial charge in [-0.2, -0.15) is 0 Å². The maximum Gasteiger partial charge on any atom is 0.256 e. The summed E-state index contributed by atoms with van der Waals surface area (Å²) < 4.78 is 33.3. The van der Waals surface area contributed by atoms with Gasteiger partial charge in [-0.3, -0.25) is 14.5 Å². The number of methoxy groups -OCH3 is 1. The lowest BCUT2D eigenvalue weighted by Crippen LogP contribution is -2.39. The third-order valence-corrected chi connectivity index (χ3v) is 7.58. The van der Waals surface area contributed by atoms with Crippen molar-refractivity contribution in [3.8, 4) is 5.75 Å². The Labute approximate surface area is 215 Å². The second kappa shape index (κ2) is 11.5. The van der Waals surface area contributed by atoms with Crippen LogP contribution in [0.4, 0.5) is 8.78 Å². The minimum atomic E-state index is -2.31. The lowest BCUT2D eigenvalue weighted by Gasteiger charge is -2.37. The van der Waals surface area contributed by atoms with Crippen molar-refractivity contribution in [2.24, 2.45) is 5.92 Å². The summed E-state index contributed by atoms with van der Waals surface area (Å²) in [5.74, 6) is 0.515. The SMILES string of the molecule is CC[C@H](C1CCN(CC(F)F)CC1)n1c(C)c(C(=O)NCc2c(OC)cc(C)[nH]c2=O)c2ccccc21. The molecule has 0 spiro atoms. The molecule has 0 unspecified atom stereocenters. The molecule has 3 aromatic rings. The third-order valence-electron chi connectivity index (χ3n) is 7.58. The topological polar surface area (TPSA) is 79.4 Å². The summed E-state index contributed by atoms with van der Waals surface area (Å²) in [6.45, 7) is 7.05. The Kier molecular flexibility index (Phi) is 8.32. The smallest absolute Gasteiger partial charge is 0.256 e. The first-order valence-corrected chi connectivity index (χ1v) is 12.9. The number of hydrogen-bond acceptors (Lipinski definition) is 4. The number of benzene rings is 1. The van der Waals surface area contributed by atoms with Gasteiger partial charge in [0, 0.05) is 28.3 Å². The number of piperidine rings is 1. The van der Waals surface area contributed by atoms with Gasteiger partial charge in [0.25, 0.3) is 17.9 Å². The molecule has 2 N–H and O–H groups in total. The number of halogens is 2. The second-order valence-corrected chi connectivity index (χ2v) is 9.86. The van der Waals surface area contributed by atoms with E-state index in [9.17, 15) is 18.4 Å². The summed E-state index contributed by atoms with van der Waals surface area (Å²) >= 11 is 0. The standard InChI is InChI=1S/C28H36F2N4O3/c1-5-22(19-10-12-33(13-11-19)16-25(29)30)34-18(3)26(20-8-6-7-9-23(20)34)28(36)31-15-21-24(37-4)14-17(2)32-27(21)35/h6-9,14,19,22,25H,5,10-13,15-16H2,1-4H3,(H,31,36)(H,32,35)/t22-/m1/s1. The van der Waals surface area contributed by atoms with Gasteiger partial charge in [0.15, 0.2) is 0 Å². The van der Waals surface area contributed by atoms with E-state index >= 15 is 0 Å². The Hall–Kier alpha value is -3.20. The van der Waals surface area contributed by atoms with Crippen molar-refractivity contribution in [3.05, 3.63) is 63.2 Å². The number of pyridine rings is 1. The molecular weight excluding hydrogens is 478 g/mol. The Morgan fingerprint density at radius 1 is 1.22 bits per heavy atom. The van der Waals surface area contributed by atoms with E-state index in [1.807, 2.05) is 36.1 Å². The molecule has 200 valence electrons. The molecule has 0 aliphatic carbocycles. The van der Waals surface area contributed by atoms with Crippen LogP contribution >= 0.6 is 0 Å². The molecule has 1 atom stereocenters. The average Bonchev–Trinajstić information content (AvgIpc) is 3.16. The number of H-pyrrole nitrogens is 1. The van der Waals surface area contributed by atoms with Gasteiger partial charge in [0.2, 0.25) is 0 Å². The highest BCUT2D eigenvalue weighted by Crippen LogP contribution is 2.37. The number of para-hydroxylation sites is 1. The average molecular weight is 515 g/mol. The Bertz CT molecular complexity index is 1310.